The van der Waals surface area contributed by atoms with E-state index in [4.69, 9.17) is 32.7 Å². The van der Waals surface area contributed by atoms with Crippen molar-refractivity contribution in [1.29, 1.82) is 0 Å². The van der Waals surface area contributed by atoms with Crippen molar-refractivity contribution < 1.29 is 17.7 Å². The van der Waals surface area contributed by atoms with E-state index in [1.807, 2.05) is 32.0 Å². The van der Waals surface area contributed by atoms with Crippen molar-refractivity contribution in [2.75, 3.05) is 24.2 Å². The van der Waals surface area contributed by atoms with Gasteiger partial charge in [0.1, 0.15) is 11.6 Å². The minimum Gasteiger partial charge on any atom is -0.361 e. The third-order valence-electron chi connectivity index (χ3n) is 7.93. The van der Waals surface area contributed by atoms with Crippen LogP contribution >= 0.6 is 23.2 Å². The summed E-state index contributed by atoms with van der Waals surface area (Å²) in [5.41, 5.74) is 4.95. The standard InChI is InChI=1S/C28H29Cl2N5O4S/c1-16-27(17(2)39-32-16)18-7-10-24-23(13-18)31-28(35(24)20-11-12-33(15-20)40(3,37)38)25-5-4-6-26(36)34(25)19-8-9-21(29)22(30)14-19/h7-10,13-14,20,25H,4-6,11-12,15H2,1-3H3/t20-,25-/m1/s1. The Balaban J connectivity index is 1.52. The molecule has 2 atom stereocenters. The number of rotatable bonds is 5. The van der Waals surface area contributed by atoms with Gasteiger partial charge >= 0.3 is 0 Å². The Morgan fingerprint density at radius 3 is 2.52 bits per heavy atom. The van der Waals surface area contributed by atoms with E-state index in [9.17, 15) is 13.2 Å². The second-order valence-electron chi connectivity index (χ2n) is 10.6. The summed E-state index contributed by atoms with van der Waals surface area (Å²) in [6.45, 7) is 4.56. The number of sulfonamides is 1. The van der Waals surface area contributed by atoms with Crippen LogP contribution in [0.4, 0.5) is 5.69 Å². The number of aromatic nitrogens is 3. The number of benzene rings is 2. The van der Waals surface area contributed by atoms with E-state index in [0.717, 1.165) is 45.9 Å². The lowest BCUT2D eigenvalue weighted by atomic mass is 9.99. The number of fused-ring (bicyclic) bond motifs is 1. The van der Waals surface area contributed by atoms with Gasteiger partial charge in [0.2, 0.25) is 15.9 Å². The van der Waals surface area contributed by atoms with E-state index in [1.54, 1.807) is 23.1 Å². The second-order valence-corrected chi connectivity index (χ2v) is 13.4. The zero-order valence-electron chi connectivity index (χ0n) is 22.4. The summed E-state index contributed by atoms with van der Waals surface area (Å²) in [6, 6.07) is 10.8. The highest BCUT2D eigenvalue weighted by Gasteiger charge is 2.38. The number of carbonyl (C=O) groups is 1. The van der Waals surface area contributed by atoms with Crippen molar-refractivity contribution in [2.24, 2.45) is 0 Å². The van der Waals surface area contributed by atoms with Gasteiger partial charge in [-0.1, -0.05) is 34.4 Å². The highest BCUT2D eigenvalue weighted by molar-refractivity contribution is 7.88. The molecule has 2 aliphatic heterocycles. The number of hydrogen-bond donors (Lipinski definition) is 0. The van der Waals surface area contributed by atoms with Crippen molar-refractivity contribution in [3.05, 3.63) is 63.7 Å². The van der Waals surface area contributed by atoms with Crippen molar-refractivity contribution >= 4 is 55.9 Å². The minimum absolute atomic E-state index is 0.0196. The van der Waals surface area contributed by atoms with Crippen molar-refractivity contribution in [2.45, 2.75) is 51.6 Å². The lowest BCUT2D eigenvalue weighted by Crippen LogP contribution is -2.40. The van der Waals surface area contributed by atoms with Gasteiger partial charge in [-0.3, -0.25) is 4.79 Å². The Bertz CT molecular complexity index is 1730. The van der Waals surface area contributed by atoms with E-state index < -0.39 is 10.0 Å². The van der Waals surface area contributed by atoms with Gasteiger partial charge < -0.3 is 14.0 Å². The summed E-state index contributed by atoms with van der Waals surface area (Å²) in [5.74, 6) is 1.43. The van der Waals surface area contributed by atoms with Gasteiger partial charge in [-0.05, 0) is 69.0 Å². The molecule has 0 aliphatic carbocycles. The van der Waals surface area contributed by atoms with Crippen LogP contribution in [0.5, 0.6) is 0 Å². The van der Waals surface area contributed by atoms with Gasteiger partial charge in [-0.25, -0.2) is 17.7 Å². The summed E-state index contributed by atoms with van der Waals surface area (Å²) in [6.07, 6.45) is 3.72. The van der Waals surface area contributed by atoms with Gasteiger partial charge in [-0.2, -0.15) is 0 Å². The molecule has 0 radical (unpaired) electrons. The molecule has 2 aromatic carbocycles. The monoisotopic (exact) mass is 601 g/mol. The van der Waals surface area contributed by atoms with Crippen LogP contribution in [0.3, 0.4) is 0 Å². The Morgan fingerprint density at radius 2 is 1.85 bits per heavy atom. The van der Waals surface area contributed by atoms with Crippen LogP contribution in [0.25, 0.3) is 22.2 Å². The van der Waals surface area contributed by atoms with E-state index in [1.165, 1.54) is 10.6 Å². The number of nitrogens with zero attached hydrogens (tertiary/aromatic N) is 5. The molecular weight excluding hydrogens is 573 g/mol. The van der Waals surface area contributed by atoms with Gasteiger partial charge in [0.05, 0.1) is 45.1 Å². The molecule has 2 aliphatic rings. The molecule has 12 heteroatoms. The van der Waals surface area contributed by atoms with Gasteiger partial charge in [0.15, 0.2) is 0 Å². The lowest BCUT2D eigenvalue weighted by molar-refractivity contribution is -0.120. The average Bonchev–Trinajstić information content (AvgIpc) is 3.62. The van der Waals surface area contributed by atoms with Gasteiger partial charge in [0, 0.05) is 30.8 Å². The number of halogens is 2. The van der Waals surface area contributed by atoms with Crippen LogP contribution in [-0.4, -0.2) is 52.7 Å². The summed E-state index contributed by atoms with van der Waals surface area (Å²) in [5, 5.41) is 4.88. The van der Waals surface area contributed by atoms with Crippen LogP contribution < -0.4 is 4.90 Å². The number of amides is 1. The summed E-state index contributed by atoms with van der Waals surface area (Å²) in [4.78, 5) is 20.3. The van der Waals surface area contributed by atoms with Crippen LogP contribution in [0.1, 0.15) is 55.0 Å². The quantitative estimate of drug-likeness (QED) is 0.275. The van der Waals surface area contributed by atoms with Crippen LogP contribution in [0, 0.1) is 13.8 Å². The van der Waals surface area contributed by atoms with Crippen molar-refractivity contribution in [3.8, 4) is 11.1 Å². The highest BCUT2D eigenvalue weighted by Crippen LogP contribution is 2.41. The van der Waals surface area contributed by atoms with E-state index >= 15 is 0 Å². The Hall–Kier alpha value is -2.92. The highest BCUT2D eigenvalue weighted by atomic mass is 35.5. The maximum atomic E-state index is 13.4. The normalized spacial score (nSPS) is 20.6. The topological polar surface area (TPSA) is 102 Å². The van der Waals surface area contributed by atoms with E-state index in [2.05, 4.69) is 9.72 Å². The third-order valence-corrected chi connectivity index (χ3v) is 9.94. The van der Waals surface area contributed by atoms with Crippen molar-refractivity contribution in [3.63, 3.8) is 0 Å². The summed E-state index contributed by atoms with van der Waals surface area (Å²) >= 11 is 12.5. The smallest absolute Gasteiger partial charge is 0.227 e. The van der Waals surface area contributed by atoms with Gasteiger partial charge in [-0.15, -0.1) is 0 Å². The number of piperidine rings is 1. The lowest BCUT2D eigenvalue weighted by Gasteiger charge is -2.36. The fourth-order valence-corrected chi connectivity index (χ4v) is 7.26. The molecule has 0 unspecified atom stereocenters. The zero-order chi connectivity index (χ0) is 28.3. The number of hydrogen-bond acceptors (Lipinski definition) is 6. The molecule has 210 valence electrons. The minimum atomic E-state index is -3.34. The molecule has 40 heavy (non-hydrogen) atoms. The predicted octanol–water partition coefficient (Wildman–Crippen LogP) is 6.08. The Kier molecular flexibility index (Phi) is 6.93. The largest absolute Gasteiger partial charge is 0.361 e. The predicted molar refractivity (Wildman–Crippen MR) is 155 cm³/mol. The molecule has 6 rings (SSSR count). The summed E-state index contributed by atoms with van der Waals surface area (Å²) in [7, 11) is -3.34. The zero-order valence-corrected chi connectivity index (χ0v) is 24.7. The fraction of sp³-hybridized carbons (Fsp3) is 0.393. The molecule has 1 amide bonds. The van der Waals surface area contributed by atoms with Crippen LogP contribution in [-0.2, 0) is 14.8 Å². The molecule has 4 aromatic rings. The van der Waals surface area contributed by atoms with Gasteiger partial charge in [0.25, 0.3) is 0 Å². The van der Waals surface area contributed by atoms with E-state index in [0.29, 0.717) is 48.1 Å². The first-order chi connectivity index (χ1) is 19.0. The molecule has 0 bridgehead atoms. The first-order valence-electron chi connectivity index (χ1n) is 13.2. The number of aryl methyl sites for hydroxylation is 2. The Morgan fingerprint density at radius 1 is 1.05 bits per heavy atom. The second kappa shape index (κ2) is 10.2. The first kappa shape index (κ1) is 27.3. The Labute approximate surface area is 242 Å². The average molecular weight is 603 g/mol. The molecular formula is C28H29Cl2N5O4S. The van der Waals surface area contributed by atoms with Crippen LogP contribution in [0.2, 0.25) is 10.0 Å². The molecule has 2 aromatic heterocycles. The fourth-order valence-electron chi connectivity index (χ4n) is 6.08. The first-order valence-corrected chi connectivity index (χ1v) is 15.8. The van der Waals surface area contributed by atoms with Crippen molar-refractivity contribution in [1.82, 2.24) is 19.0 Å². The molecule has 0 spiro atoms. The SMILES string of the molecule is Cc1noc(C)c1-c1ccc2c(c1)nc([C@H]1CCCC(=O)N1c1ccc(Cl)c(Cl)c1)n2[C@@H]1CCN(S(C)(=O)=O)C1. The molecule has 2 fully saturated rings. The molecule has 2 saturated heterocycles. The van der Waals surface area contributed by atoms with Crippen LogP contribution in [0.15, 0.2) is 40.9 Å². The maximum absolute atomic E-state index is 13.4. The molecule has 0 saturated carbocycles. The van der Waals surface area contributed by atoms with E-state index in [-0.39, 0.29) is 18.0 Å². The third kappa shape index (κ3) is 4.70. The molecule has 0 N–H and O–H groups in total. The number of anilines is 1. The maximum Gasteiger partial charge on any atom is 0.227 e. The number of imidazole rings is 1. The summed E-state index contributed by atoms with van der Waals surface area (Å²) < 4.78 is 33.8. The number of carbonyl (C=O) groups excluding carboxylic acids is 1. The molecule has 9 nitrogen and oxygen atoms in total. The molecule has 4 heterocycles.